The van der Waals surface area contributed by atoms with Crippen LogP contribution in [0.1, 0.15) is 5.69 Å². The molecule has 3 heterocycles. The summed E-state index contributed by atoms with van der Waals surface area (Å²) >= 11 is 1.55. The molecule has 1 aromatic carbocycles. The number of anilines is 1. The van der Waals surface area contributed by atoms with Gasteiger partial charge in [-0.2, -0.15) is 5.10 Å². The van der Waals surface area contributed by atoms with Crippen molar-refractivity contribution in [3.8, 4) is 0 Å². The molecular formula is C15H11N5OS. The molecule has 0 aliphatic heterocycles. The molecular weight excluding hydrogens is 298 g/mol. The zero-order chi connectivity index (χ0) is 14.9. The van der Waals surface area contributed by atoms with Gasteiger partial charge in [-0.25, -0.2) is 4.98 Å². The van der Waals surface area contributed by atoms with Crippen molar-refractivity contribution in [3.63, 3.8) is 0 Å². The fourth-order valence-corrected chi connectivity index (χ4v) is 2.93. The first kappa shape index (κ1) is 12.8. The molecule has 0 saturated carbocycles. The molecule has 0 unspecified atom stereocenters. The smallest absolute Gasteiger partial charge is 0.248 e. The summed E-state index contributed by atoms with van der Waals surface area (Å²) in [5.41, 5.74) is 2.48. The van der Waals surface area contributed by atoms with Crippen LogP contribution in [0.15, 0.2) is 48.2 Å². The Morgan fingerprint density at radius 3 is 3.27 bits per heavy atom. The molecule has 0 saturated heterocycles. The molecule has 0 bridgehead atoms. The third-order valence-electron chi connectivity index (χ3n) is 3.29. The number of H-pyrrole nitrogens is 1. The van der Waals surface area contributed by atoms with E-state index in [1.54, 1.807) is 29.8 Å². The molecule has 1 amide bonds. The average molecular weight is 309 g/mol. The Hall–Kier alpha value is -2.93. The van der Waals surface area contributed by atoms with E-state index in [0.29, 0.717) is 0 Å². The summed E-state index contributed by atoms with van der Waals surface area (Å²) in [5.74, 6) is -0.191. The number of nitrogens with zero attached hydrogens (tertiary/aromatic N) is 3. The zero-order valence-corrected chi connectivity index (χ0v) is 12.2. The minimum atomic E-state index is -0.191. The summed E-state index contributed by atoms with van der Waals surface area (Å²) in [6.07, 6.45) is 8.66. The Morgan fingerprint density at radius 1 is 1.36 bits per heavy atom. The summed E-state index contributed by atoms with van der Waals surface area (Å²) in [4.78, 5) is 17.2. The van der Waals surface area contributed by atoms with E-state index < -0.39 is 0 Å². The number of rotatable bonds is 3. The van der Waals surface area contributed by atoms with Crippen LogP contribution >= 0.6 is 11.3 Å². The molecule has 0 atom stereocenters. The van der Waals surface area contributed by atoms with Crippen LogP contribution in [0.2, 0.25) is 0 Å². The predicted molar refractivity (Wildman–Crippen MR) is 86.8 cm³/mol. The second kappa shape index (κ2) is 5.12. The first-order chi connectivity index (χ1) is 10.8. The highest BCUT2D eigenvalue weighted by Crippen LogP contribution is 2.17. The van der Waals surface area contributed by atoms with E-state index in [-0.39, 0.29) is 5.91 Å². The van der Waals surface area contributed by atoms with Crippen molar-refractivity contribution in [2.75, 3.05) is 5.32 Å². The SMILES string of the molecule is O=C(/C=C/c1cnc2sccn12)Nc1ccc2cn[nH]c2c1. The van der Waals surface area contributed by atoms with Crippen LogP contribution in [-0.2, 0) is 4.79 Å². The summed E-state index contributed by atoms with van der Waals surface area (Å²) in [6.45, 7) is 0. The molecule has 0 aliphatic rings. The van der Waals surface area contributed by atoms with Crippen LogP contribution in [0, 0.1) is 0 Å². The molecule has 0 fully saturated rings. The Kier molecular flexibility index (Phi) is 2.97. The number of amides is 1. The van der Waals surface area contributed by atoms with Gasteiger partial charge in [0.25, 0.3) is 0 Å². The lowest BCUT2D eigenvalue weighted by atomic mass is 10.2. The van der Waals surface area contributed by atoms with Gasteiger partial charge >= 0.3 is 0 Å². The van der Waals surface area contributed by atoms with E-state index >= 15 is 0 Å². The topological polar surface area (TPSA) is 75.1 Å². The minimum Gasteiger partial charge on any atom is -0.322 e. The van der Waals surface area contributed by atoms with Gasteiger partial charge in [-0.3, -0.25) is 14.3 Å². The second-order valence-corrected chi connectivity index (χ2v) is 5.61. The highest BCUT2D eigenvalue weighted by molar-refractivity contribution is 7.15. The summed E-state index contributed by atoms with van der Waals surface area (Å²) in [5, 5.41) is 12.6. The van der Waals surface area contributed by atoms with Gasteiger partial charge in [-0.1, -0.05) is 0 Å². The molecule has 4 aromatic rings. The average Bonchev–Trinajstić information content (AvgIpc) is 3.21. The van der Waals surface area contributed by atoms with E-state index in [1.165, 1.54) is 6.08 Å². The van der Waals surface area contributed by atoms with Crippen molar-refractivity contribution in [2.45, 2.75) is 0 Å². The number of carbonyl (C=O) groups is 1. The molecule has 0 radical (unpaired) electrons. The lowest BCUT2D eigenvalue weighted by molar-refractivity contribution is -0.111. The Bertz CT molecular complexity index is 994. The summed E-state index contributed by atoms with van der Waals surface area (Å²) in [7, 11) is 0. The Labute approximate surface area is 129 Å². The van der Waals surface area contributed by atoms with Crippen LogP contribution in [0.5, 0.6) is 0 Å². The maximum Gasteiger partial charge on any atom is 0.248 e. The molecule has 2 N–H and O–H groups in total. The van der Waals surface area contributed by atoms with Gasteiger partial charge in [0.05, 0.1) is 23.6 Å². The van der Waals surface area contributed by atoms with Gasteiger partial charge in [-0.05, 0) is 24.3 Å². The van der Waals surface area contributed by atoms with Crippen LogP contribution in [0.25, 0.3) is 21.9 Å². The molecule has 108 valence electrons. The lowest BCUT2D eigenvalue weighted by Crippen LogP contribution is -2.07. The highest BCUT2D eigenvalue weighted by atomic mass is 32.1. The van der Waals surface area contributed by atoms with Gasteiger partial charge in [0.2, 0.25) is 5.91 Å². The fraction of sp³-hybridized carbons (Fsp3) is 0. The first-order valence-electron chi connectivity index (χ1n) is 6.62. The second-order valence-electron chi connectivity index (χ2n) is 4.73. The van der Waals surface area contributed by atoms with Crippen LogP contribution < -0.4 is 5.32 Å². The lowest BCUT2D eigenvalue weighted by Gasteiger charge is -2.01. The van der Waals surface area contributed by atoms with Crippen LogP contribution in [-0.4, -0.2) is 25.5 Å². The highest BCUT2D eigenvalue weighted by Gasteiger charge is 2.03. The minimum absolute atomic E-state index is 0.191. The number of hydrogen-bond donors (Lipinski definition) is 2. The monoisotopic (exact) mass is 309 g/mol. The Balaban J connectivity index is 1.52. The summed E-state index contributed by atoms with van der Waals surface area (Å²) < 4.78 is 1.94. The van der Waals surface area contributed by atoms with Crippen molar-refractivity contribution in [2.24, 2.45) is 0 Å². The van der Waals surface area contributed by atoms with Gasteiger partial charge in [0, 0.05) is 28.7 Å². The predicted octanol–water partition coefficient (Wildman–Crippen LogP) is 2.92. The van der Waals surface area contributed by atoms with Crippen LogP contribution in [0.4, 0.5) is 5.69 Å². The molecule has 22 heavy (non-hydrogen) atoms. The van der Waals surface area contributed by atoms with Crippen molar-refractivity contribution < 1.29 is 4.79 Å². The number of fused-ring (bicyclic) bond motifs is 2. The van der Waals surface area contributed by atoms with Gasteiger partial charge in [0.15, 0.2) is 4.96 Å². The van der Waals surface area contributed by atoms with E-state index in [0.717, 1.165) is 27.2 Å². The van der Waals surface area contributed by atoms with Gasteiger partial charge < -0.3 is 5.32 Å². The number of carbonyl (C=O) groups excluding carboxylic acids is 1. The standard InChI is InChI=1S/C15H11N5OS/c21-14(4-3-12-9-16-15-20(12)5-6-22-15)18-11-2-1-10-8-17-19-13(10)7-11/h1-9H,(H,17,19)(H,18,21)/b4-3+. The van der Waals surface area contributed by atoms with Gasteiger partial charge in [0.1, 0.15) is 0 Å². The van der Waals surface area contributed by atoms with Gasteiger partial charge in [-0.15, -0.1) is 11.3 Å². The molecule has 6 nitrogen and oxygen atoms in total. The molecule has 3 aromatic heterocycles. The molecule has 0 spiro atoms. The van der Waals surface area contributed by atoms with Crippen molar-refractivity contribution in [3.05, 3.63) is 53.9 Å². The maximum atomic E-state index is 12.0. The number of aromatic amines is 1. The van der Waals surface area contributed by atoms with Crippen molar-refractivity contribution >= 4 is 44.9 Å². The van der Waals surface area contributed by atoms with E-state index in [1.807, 2.05) is 34.2 Å². The Morgan fingerprint density at radius 2 is 2.32 bits per heavy atom. The number of hydrogen-bond acceptors (Lipinski definition) is 4. The fourth-order valence-electron chi connectivity index (χ4n) is 2.23. The number of thiazole rings is 1. The first-order valence-corrected chi connectivity index (χ1v) is 7.50. The number of benzene rings is 1. The number of imidazole rings is 1. The largest absolute Gasteiger partial charge is 0.322 e. The van der Waals surface area contributed by atoms with E-state index in [9.17, 15) is 4.79 Å². The summed E-state index contributed by atoms with van der Waals surface area (Å²) in [6, 6.07) is 5.60. The van der Waals surface area contributed by atoms with E-state index in [2.05, 4.69) is 20.5 Å². The quantitative estimate of drug-likeness (QED) is 0.571. The maximum absolute atomic E-state index is 12.0. The number of nitrogens with one attached hydrogen (secondary N) is 2. The third kappa shape index (κ3) is 2.27. The molecule has 0 aliphatic carbocycles. The third-order valence-corrected chi connectivity index (χ3v) is 4.06. The number of aromatic nitrogens is 4. The van der Waals surface area contributed by atoms with Crippen molar-refractivity contribution in [1.82, 2.24) is 19.6 Å². The normalized spacial score (nSPS) is 11.6. The molecule has 4 rings (SSSR count). The van der Waals surface area contributed by atoms with Crippen molar-refractivity contribution in [1.29, 1.82) is 0 Å². The zero-order valence-electron chi connectivity index (χ0n) is 11.4. The van der Waals surface area contributed by atoms with E-state index in [4.69, 9.17) is 0 Å². The molecule has 7 heteroatoms. The van der Waals surface area contributed by atoms with Crippen LogP contribution in [0.3, 0.4) is 0 Å².